The standard InChI is InChI=1S/C30H29N3O5/c1-3-36-26-15-8-7-14-25(26)32-29(34)30(35)33-31-19-21-16-17-27(28(18-21)37-4-2)38-20-23-12-9-11-22-10-5-6-13-24(22)23/h5-19H,3-4,20H2,1-2H3,(H,32,34)(H,33,35)/b31-19+. The minimum atomic E-state index is -0.910. The molecule has 2 N–H and O–H groups in total. The molecule has 0 aromatic heterocycles. The Morgan fingerprint density at radius 1 is 0.763 bits per heavy atom. The number of ether oxygens (including phenoxy) is 3. The third kappa shape index (κ3) is 6.67. The fourth-order valence-electron chi connectivity index (χ4n) is 3.81. The summed E-state index contributed by atoms with van der Waals surface area (Å²) in [6.07, 6.45) is 1.43. The molecule has 0 radical (unpaired) electrons. The zero-order valence-electron chi connectivity index (χ0n) is 21.3. The Balaban J connectivity index is 1.38. The molecule has 38 heavy (non-hydrogen) atoms. The molecule has 0 aliphatic carbocycles. The number of nitrogens with zero attached hydrogens (tertiary/aromatic N) is 1. The SMILES string of the molecule is CCOc1ccccc1NC(=O)C(=O)N/N=C/c1ccc(OCc2cccc3ccccc23)c(OCC)c1. The highest BCUT2D eigenvalue weighted by Gasteiger charge is 2.15. The predicted octanol–water partition coefficient (Wildman–Crippen LogP) is 5.31. The van der Waals surface area contributed by atoms with Gasteiger partial charge in [-0.2, -0.15) is 5.10 Å². The molecule has 4 aromatic carbocycles. The first-order chi connectivity index (χ1) is 18.6. The Bertz CT molecular complexity index is 1450. The van der Waals surface area contributed by atoms with Crippen molar-refractivity contribution >= 4 is 34.5 Å². The van der Waals surface area contributed by atoms with Crippen LogP contribution in [-0.4, -0.2) is 31.2 Å². The molecule has 0 atom stereocenters. The first kappa shape index (κ1) is 26.2. The van der Waals surface area contributed by atoms with Crippen molar-refractivity contribution in [3.8, 4) is 17.2 Å². The maximum absolute atomic E-state index is 12.3. The second-order valence-electron chi connectivity index (χ2n) is 8.15. The normalized spacial score (nSPS) is 10.8. The largest absolute Gasteiger partial charge is 0.492 e. The molecule has 0 heterocycles. The van der Waals surface area contributed by atoms with Gasteiger partial charge >= 0.3 is 11.8 Å². The van der Waals surface area contributed by atoms with Crippen molar-refractivity contribution in [2.24, 2.45) is 5.10 Å². The predicted molar refractivity (Wildman–Crippen MR) is 148 cm³/mol. The molecule has 2 amide bonds. The van der Waals surface area contributed by atoms with E-state index in [1.165, 1.54) is 6.21 Å². The second-order valence-corrected chi connectivity index (χ2v) is 8.15. The molecule has 0 fully saturated rings. The van der Waals surface area contributed by atoms with E-state index in [1.54, 1.807) is 42.5 Å². The van der Waals surface area contributed by atoms with Gasteiger partial charge in [0, 0.05) is 0 Å². The summed E-state index contributed by atoms with van der Waals surface area (Å²) in [7, 11) is 0. The minimum absolute atomic E-state index is 0.381. The van der Waals surface area contributed by atoms with E-state index < -0.39 is 11.8 Å². The van der Waals surface area contributed by atoms with Crippen LogP contribution in [0.1, 0.15) is 25.0 Å². The summed E-state index contributed by atoms with van der Waals surface area (Å²) in [5.74, 6) is -0.151. The highest BCUT2D eigenvalue weighted by molar-refractivity contribution is 6.39. The van der Waals surface area contributed by atoms with Crippen LogP contribution in [0.2, 0.25) is 0 Å². The van der Waals surface area contributed by atoms with Gasteiger partial charge in [-0.1, -0.05) is 54.6 Å². The number of fused-ring (bicyclic) bond motifs is 1. The quantitative estimate of drug-likeness (QED) is 0.171. The van der Waals surface area contributed by atoms with Crippen molar-refractivity contribution in [2.75, 3.05) is 18.5 Å². The number of benzene rings is 4. The lowest BCUT2D eigenvalue weighted by atomic mass is 10.1. The summed E-state index contributed by atoms with van der Waals surface area (Å²) in [5, 5.41) is 8.73. The van der Waals surface area contributed by atoms with Crippen LogP contribution in [0.25, 0.3) is 10.8 Å². The van der Waals surface area contributed by atoms with Crippen LogP contribution in [0.5, 0.6) is 17.2 Å². The maximum Gasteiger partial charge on any atom is 0.329 e. The van der Waals surface area contributed by atoms with E-state index in [0.29, 0.717) is 48.3 Å². The van der Waals surface area contributed by atoms with Gasteiger partial charge in [0.1, 0.15) is 12.4 Å². The summed E-state index contributed by atoms with van der Waals surface area (Å²) >= 11 is 0. The lowest BCUT2D eigenvalue weighted by Crippen LogP contribution is -2.32. The van der Waals surface area contributed by atoms with Crippen LogP contribution in [-0.2, 0) is 16.2 Å². The van der Waals surface area contributed by atoms with Crippen molar-refractivity contribution in [3.63, 3.8) is 0 Å². The van der Waals surface area contributed by atoms with Gasteiger partial charge in [0.05, 0.1) is 25.1 Å². The van der Waals surface area contributed by atoms with Gasteiger partial charge in [-0.15, -0.1) is 0 Å². The molecular formula is C30H29N3O5. The number of nitrogens with one attached hydrogen (secondary N) is 2. The van der Waals surface area contributed by atoms with E-state index >= 15 is 0 Å². The average Bonchev–Trinajstić information content (AvgIpc) is 2.94. The van der Waals surface area contributed by atoms with E-state index in [4.69, 9.17) is 14.2 Å². The second kappa shape index (κ2) is 12.9. The van der Waals surface area contributed by atoms with Gasteiger partial charge in [0.25, 0.3) is 0 Å². The summed E-state index contributed by atoms with van der Waals surface area (Å²) in [6.45, 7) is 4.98. The molecule has 0 saturated heterocycles. The number of amides is 2. The first-order valence-electron chi connectivity index (χ1n) is 12.3. The molecular weight excluding hydrogens is 482 g/mol. The molecule has 0 aliphatic rings. The van der Waals surface area contributed by atoms with Gasteiger partial charge in [-0.25, -0.2) is 5.43 Å². The third-order valence-corrected chi connectivity index (χ3v) is 5.55. The lowest BCUT2D eigenvalue weighted by molar-refractivity contribution is -0.136. The minimum Gasteiger partial charge on any atom is -0.492 e. The van der Waals surface area contributed by atoms with Crippen LogP contribution in [0.3, 0.4) is 0 Å². The fourth-order valence-corrected chi connectivity index (χ4v) is 3.81. The third-order valence-electron chi connectivity index (χ3n) is 5.55. The van der Waals surface area contributed by atoms with E-state index in [9.17, 15) is 9.59 Å². The monoisotopic (exact) mass is 511 g/mol. The Kier molecular flexibility index (Phi) is 8.91. The summed E-state index contributed by atoms with van der Waals surface area (Å²) < 4.78 is 17.3. The molecule has 0 aliphatic heterocycles. The van der Waals surface area contributed by atoms with E-state index in [0.717, 1.165) is 16.3 Å². The van der Waals surface area contributed by atoms with Gasteiger partial charge in [-0.3, -0.25) is 9.59 Å². The van der Waals surface area contributed by atoms with Crippen LogP contribution in [0.4, 0.5) is 5.69 Å². The Morgan fingerprint density at radius 3 is 2.34 bits per heavy atom. The lowest BCUT2D eigenvalue weighted by Gasteiger charge is -2.13. The molecule has 194 valence electrons. The molecule has 0 spiro atoms. The van der Waals surface area contributed by atoms with Crippen molar-refractivity contribution < 1.29 is 23.8 Å². The number of para-hydroxylation sites is 2. The Morgan fingerprint density at radius 2 is 1.50 bits per heavy atom. The van der Waals surface area contributed by atoms with Crippen molar-refractivity contribution in [2.45, 2.75) is 20.5 Å². The summed E-state index contributed by atoms with van der Waals surface area (Å²) in [5.41, 5.74) is 4.37. The van der Waals surface area contributed by atoms with Gasteiger partial charge in [0.15, 0.2) is 11.5 Å². The Labute approximate surface area is 221 Å². The van der Waals surface area contributed by atoms with Crippen molar-refractivity contribution in [1.82, 2.24) is 5.43 Å². The number of carbonyl (C=O) groups is 2. The molecule has 0 bridgehead atoms. The number of carbonyl (C=O) groups excluding carboxylic acids is 2. The van der Waals surface area contributed by atoms with Gasteiger partial charge in [0.2, 0.25) is 0 Å². The number of anilines is 1. The van der Waals surface area contributed by atoms with Crippen LogP contribution < -0.4 is 25.0 Å². The van der Waals surface area contributed by atoms with Crippen LogP contribution >= 0.6 is 0 Å². The average molecular weight is 512 g/mol. The van der Waals surface area contributed by atoms with Crippen LogP contribution in [0.15, 0.2) is 90.0 Å². The van der Waals surface area contributed by atoms with Gasteiger partial charge in [-0.05, 0) is 66.1 Å². The number of hydrogen-bond donors (Lipinski definition) is 2. The zero-order valence-corrected chi connectivity index (χ0v) is 21.3. The fraction of sp³-hybridized carbons (Fsp3) is 0.167. The van der Waals surface area contributed by atoms with E-state index in [2.05, 4.69) is 34.0 Å². The molecule has 4 rings (SSSR count). The molecule has 4 aromatic rings. The Hall–Kier alpha value is -4.85. The van der Waals surface area contributed by atoms with Crippen LogP contribution in [0, 0.1) is 0 Å². The van der Waals surface area contributed by atoms with Crippen molar-refractivity contribution in [1.29, 1.82) is 0 Å². The number of rotatable bonds is 10. The maximum atomic E-state index is 12.3. The summed E-state index contributed by atoms with van der Waals surface area (Å²) in [6, 6.07) is 26.5. The summed E-state index contributed by atoms with van der Waals surface area (Å²) in [4.78, 5) is 24.5. The van der Waals surface area contributed by atoms with Crippen molar-refractivity contribution in [3.05, 3.63) is 96.1 Å². The van der Waals surface area contributed by atoms with Gasteiger partial charge < -0.3 is 19.5 Å². The highest BCUT2D eigenvalue weighted by Crippen LogP contribution is 2.30. The van der Waals surface area contributed by atoms with E-state index in [1.807, 2.05) is 38.1 Å². The topological polar surface area (TPSA) is 98.2 Å². The van der Waals surface area contributed by atoms with E-state index in [-0.39, 0.29) is 0 Å². The first-order valence-corrected chi connectivity index (χ1v) is 12.3. The molecule has 8 heteroatoms. The molecule has 0 saturated carbocycles. The molecule has 0 unspecified atom stereocenters. The molecule has 8 nitrogen and oxygen atoms in total. The number of hydrazone groups is 1. The zero-order chi connectivity index (χ0) is 26.7. The number of hydrogen-bond acceptors (Lipinski definition) is 6. The smallest absolute Gasteiger partial charge is 0.329 e. The highest BCUT2D eigenvalue weighted by atomic mass is 16.5.